The minimum Gasteiger partial charge on any atom is -0.423 e. The minimum atomic E-state index is -0.529. The van der Waals surface area contributed by atoms with Crippen LogP contribution in [0.1, 0.15) is 34.8 Å². The van der Waals surface area contributed by atoms with E-state index in [-0.39, 0.29) is 5.91 Å². The van der Waals surface area contributed by atoms with E-state index in [0.29, 0.717) is 29.0 Å². The number of benzene rings is 3. The predicted molar refractivity (Wildman–Crippen MR) is 128 cm³/mol. The highest BCUT2D eigenvalue weighted by atomic mass is 16.5. The summed E-state index contributed by atoms with van der Waals surface area (Å²) in [5, 5.41) is 6.68. The molecular formula is C26H23N3O4. The Morgan fingerprint density at radius 2 is 1.61 bits per heavy atom. The number of carbonyl (C=O) groups excluding carboxylic acids is 3. The standard InChI is InChI=1S/C26H23N3O4/c1-2-24(30)28-22-15-13-20(14-16-22)26(32)29-27-18-21-10-6-7-11-23(21)33-25(31)17-12-19-8-4-3-5-9-19/h3-18H,2H2,1H3,(H,28,30)(H,29,32)/b17-12+,27-18+. The molecular weight excluding hydrogens is 418 g/mol. The van der Waals surface area contributed by atoms with Crippen LogP contribution in [0.15, 0.2) is 90.0 Å². The van der Waals surface area contributed by atoms with Crippen LogP contribution < -0.4 is 15.5 Å². The number of amides is 2. The van der Waals surface area contributed by atoms with E-state index >= 15 is 0 Å². The number of anilines is 1. The van der Waals surface area contributed by atoms with Crippen molar-refractivity contribution >= 4 is 35.8 Å². The predicted octanol–water partition coefficient (Wildman–Crippen LogP) is 4.42. The molecule has 3 aromatic carbocycles. The first-order valence-corrected chi connectivity index (χ1v) is 10.3. The molecule has 0 fully saturated rings. The first kappa shape index (κ1) is 23.1. The molecule has 0 saturated carbocycles. The highest BCUT2D eigenvalue weighted by molar-refractivity contribution is 5.96. The monoisotopic (exact) mass is 441 g/mol. The summed E-state index contributed by atoms with van der Waals surface area (Å²) in [6.07, 6.45) is 4.78. The Labute approximate surface area is 191 Å². The van der Waals surface area contributed by atoms with Crippen LogP contribution in [0.2, 0.25) is 0 Å². The second-order valence-electron chi connectivity index (χ2n) is 6.88. The number of hydrogen-bond donors (Lipinski definition) is 2. The zero-order valence-electron chi connectivity index (χ0n) is 18.0. The van der Waals surface area contributed by atoms with E-state index in [2.05, 4.69) is 15.8 Å². The number of hydrazone groups is 1. The Bertz CT molecular complexity index is 1170. The molecule has 0 saturated heterocycles. The summed E-state index contributed by atoms with van der Waals surface area (Å²) in [6, 6.07) is 22.7. The SMILES string of the molecule is CCC(=O)Nc1ccc(C(=O)N/N=C/c2ccccc2OC(=O)/C=C/c2ccccc2)cc1. The maximum absolute atomic E-state index is 12.3. The van der Waals surface area contributed by atoms with Crippen molar-refractivity contribution < 1.29 is 19.1 Å². The van der Waals surface area contributed by atoms with Crippen molar-refractivity contribution in [1.82, 2.24) is 5.43 Å². The van der Waals surface area contributed by atoms with E-state index < -0.39 is 11.9 Å². The van der Waals surface area contributed by atoms with E-state index in [1.807, 2.05) is 30.3 Å². The van der Waals surface area contributed by atoms with Crippen molar-refractivity contribution in [3.8, 4) is 5.75 Å². The van der Waals surface area contributed by atoms with Gasteiger partial charge in [0.05, 0.1) is 6.21 Å². The summed E-state index contributed by atoms with van der Waals surface area (Å²) in [5.74, 6) is -0.736. The summed E-state index contributed by atoms with van der Waals surface area (Å²) in [7, 11) is 0. The van der Waals surface area contributed by atoms with E-state index in [1.165, 1.54) is 12.3 Å². The van der Waals surface area contributed by atoms with Crippen molar-refractivity contribution in [2.75, 3.05) is 5.32 Å². The highest BCUT2D eigenvalue weighted by Gasteiger charge is 2.07. The van der Waals surface area contributed by atoms with Gasteiger partial charge in [-0.05, 0) is 48.0 Å². The molecule has 2 amide bonds. The summed E-state index contributed by atoms with van der Waals surface area (Å²) in [5.41, 5.74) is 4.83. The Morgan fingerprint density at radius 1 is 0.909 bits per heavy atom. The van der Waals surface area contributed by atoms with Crippen LogP contribution >= 0.6 is 0 Å². The topological polar surface area (TPSA) is 96.9 Å². The minimum absolute atomic E-state index is 0.105. The lowest BCUT2D eigenvalue weighted by atomic mass is 10.2. The fourth-order valence-electron chi connectivity index (χ4n) is 2.73. The zero-order valence-corrected chi connectivity index (χ0v) is 18.0. The average Bonchev–Trinajstić information content (AvgIpc) is 2.84. The second kappa shape index (κ2) is 11.8. The van der Waals surface area contributed by atoms with Gasteiger partial charge >= 0.3 is 5.97 Å². The summed E-state index contributed by atoms with van der Waals surface area (Å²) in [4.78, 5) is 35.9. The van der Waals surface area contributed by atoms with Gasteiger partial charge in [0.2, 0.25) is 5.91 Å². The molecule has 0 bridgehead atoms. The smallest absolute Gasteiger partial charge is 0.336 e. The first-order chi connectivity index (χ1) is 16.0. The lowest BCUT2D eigenvalue weighted by Gasteiger charge is -2.06. The van der Waals surface area contributed by atoms with Gasteiger partial charge in [-0.15, -0.1) is 0 Å². The first-order valence-electron chi connectivity index (χ1n) is 10.3. The maximum Gasteiger partial charge on any atom is 0.336 e. The molecule has 3 rings (SSSR count). The number of esters is 1. The number of hydrogen-bond acceptors (Lipinski definition) is 5. The largest absolute Gasteiger partial charge is 0.423 e. The van der Waals surface area contributed by atoms with Gasteiger partial charge in [0.1, 0.15) is 5.75 Å². The van der Waals surface area contributed by atoms with Gasteiger partial charge in [0.25, 0.3) is 5.91 Å². The van der Waals surface area contributed by atoms with Crippen LogP contribution in [0.5, 0.6) is 5.75 Å². The van der Waals surface area contributed by atoms with Crippen molar-refractivity contribution in [3.05, 3.63) is 102 Å². The molecule has 166 valence electrons. The van der Waals surface area contributed by atoms with Gasteiger partial charge in [0, 0.05) is 29.3 Å². The van der Waals surface area contributed by atoms with Crippen LogP contribution in [0, 0.1) is 0 Å². The van der Waals surface area contributed by atoms with Crippen LogP contribution in [0.3, 0.4) is 0 Å². The Morgan fingerprint density at radius 3 is 2.33 bits per heavy atom. The third-order valence-corrected chi connectivity index (χ3v) is 4.46. The fourth-order valence-corrected chi connectivity index (χ4v) is 2.73. The quantitative estimate of drug-likeness (QED) is 0.178. The van der Waals surface area contributed by atoms with Crippen LogP contribution in [-0.2, 0) is 9.59 Å². The summed E-state index contributed by atoms with van der Waals surface area (Å²) < 4.78 is 5.40. The maximum atomic E-state index is 12.3. The normalized spacial score (nSPS) is 10.8. The third-order valence-electron chi connectivity index (χ3n) is 4.46. The molecule has 0 aliphatic carbocycles. The summed E-state index contributed by atoms with van der Waals surface area (Å²) >= 11 is 0. The Hall–Kier alpha value is -4.52. The number of nitrogens with one attached hydrogen (secondary N) is 2. The van der Waals surface area contributed by atoms with Gasteiger partial charge < -0.3 is 10.1 Å². The van der Waals surface area contributed by atoms with E-state index in [4.69, 9.17) is 4.74 Å². The average molecular weight is 441 g/mol. The summed E-state index contributed by atoms with van der Waals surface area (Å²) in [6.45, 7) is 1.76. The molecule has 0 aliphatic heterocycles. The highest BCUT2D eigenvalue weighted by Crippen LogP contribution is 2.16. The molecule has 7 nitrogen and oxygen atoms in total. The van der Waals surface area contributed by atoms with Crippen molar-refractivity contribution in [2.24, 2.45) is 5.10 Å². The Kier molecular flexibility index (Phi) is 8.25. The van der Waals surface area contributed by atoms with Gasteiger partial charge in [0.15, 0.2) is 0 Å². The molecule has 2 N–H and O–H groups in total. The molecule has 0 atom stereocenters. The molecule has 33 heavy (non-hydrogen) atoms. The number of carbonyl (C=O) groups is 3. The fraction of sp³-hybridized carbons (Fsp3) is 0.0769. The molecule has 7 heteroatoms. The molecule has 0 radical (unpaired) electrons. The number of nitrogens with zero attached hydrogens (tertiary/aromatic N) is 1. The van der Waals surface area contributed by atoms with Crippen molar-refractivity contribution in [1.29, 1.82) is 0 Å². The molecule has 0 heterocycles. The number of ether oxygens (including phenoxy) is 1. The number of rotatable bonds is 8. The van der Waals surface area contributed by atoms with Crippen LogP contribution in [0.25, 0.3) is 6.08 Å². The van der Waals surface area contributed by atoms with Gasteiger partial charge in [-0.2, -0.15) is 5.10 Å². The van der Waals surface area contributed by atoms with Gasteiger partial charge in [-0.1, -0.05) is 49.4 Å². The zero-order chi connectivity index (χ0) is 23.5. The number of para-hydroxylation sites is 1. The second-order valence-corrected chi connectivity index (χ2v) is 6.88. The van der Waals surface area contributed by atoms with Crippen molar-refractivity contribution in [2.45, 2.75) is 13.3 Å². The molecule has 3 aromatic rings. The molecule has 0 spiro atoms. The van der Waals surface area contributed by atoms with E-state index in [1.54, 1.807) is 61.5 Å². The third kappa shape index (κ3) is 7.29. The van der Waals surface area contributed by atoms with E-state index in [0.717, 1.165) is 5.56 Å². The Balaban J connectivity index is 1.59. The van der Waals surface area contributed by atoms with Crippen LogP contribution in [0.4, 0.5) is 5.69 Å². The van der Waals surface area contributed by atoms with Crippen molar-refractivity contribution in [3.63, 3.8) is 0 Å². The molecule has 0 aromatic heterocycles. The van der Waals surface area contributed by atoms with Gasteiger partial charge in [-0.3, -0.25) is 9.59 Å². The molecule has 0 unspecified atom stereocenters. The lowest BCUT2D eigenvalue weighted by molar-refractivity contribution is -0.128. The lowest BCUT2D eigenvalue weighted by Crippen LogP contribution is -2.18. The van der Waals surface area contributed by atoms with Crippen LogP contribution in [-0.4, -0.2) is 24.0 Å². The van der Waals surface area contributed by atoms with Gasteiger partial charge in [-0.25, -0.2) is 10.2 Å². The van der Waals surface area contributed by atoms with E-state index in [9.17, 15) is 14.4 Å². The molecule has 0 aliphatic rings.